The van der Waals surface area contributed by atoms with Crippen LogP contribution in [0.2, 0.25) is 0 Å². The van der Waals surface area contributed by atoms with E-state index in [9.17, 15) is 14.4 Å². The van der Waals surface area contributed by atoms with Gasteiger partial charge < -0.3 is 15.7 Å². The van der Waals surface area contributed by atoms with Gasteiger partial charge in [0.1, 0.15) is 0 Å². The Morgan fingerprint density at radius 1 is 1.05 bits per heavy atom. The minimum Gasteiger partial charge on any atom is -0.481 e. The highest BCUT2D eigenvalue weighted by molar-refractivity contribution is 5.82. The maximum Gasteiger partial charge on any atom is 0.306 e. The Bertz CT molecular complexity index is 379. The summed E-state index contributed by atoms with van der Waals surface area (Å²) in [6.45, 7) is 0.325. The average molecular weight is 268 g/mol. The molecule has 2 fully saturated rings. The quantitative estimate of drug-likeness (QED) is 0.644. The standard InChI is InChI=1S/C13H20N2O4/c16-11(15-10-3-4-10)5-6-14-12(17)8-1-2-9(7-8)13(18)19/h8-10H,1-7H2,(H,14,17)(H,15,16)(H,18,19)/t8-,9+/m1/s1. The van der Waals surface area contributed by atoms with E-state index in [2.05, 4.69) is 10.6 Å². The fourth-order valence-electron chi connectivity index (χ4n) is 2.42. The minimum atomic E-state index is -0.820. The third-order valence-corrected chi connectivity index (χ3v) is 3.75. The van der Waals surface area contributed by atoms with Gasteiger partial charge in [-0.1, -0.05) is 0 Å². The molecule has 106 valence electrons. The van der Waals surface area contributed by atoms with Crippen molar-refractivity contribution in [2.75, 3.05) is 6.54 Å². The number of amides is 2. The molecule has 6 nitrogen and oxygen atoms in total. The number of carbonyl (C=O) groups excluding carboxylic acids is 2. The van der Waals surface area contributed by atoms with E-state index in [-0.39, 0.29) is 24.2 Å². The van der Waals surface area contributed by atoms with E-state index in [0.29, 0.717) is 31.8 Å². The van der Waals surface area contributed by atoms with Crippen LogP contribution in [0.1, 0.15) is 38.5 Å². The zero-order valence-corrected chi connectivity index (χ0v) is 10.9. The maximum atomic E-state index is 11.8. The molecule has 0 aromatic heterocycles. The molecule has 6 heteroatoms. The van der Waals surface area contributed by atoms with Crippen molar-refractivity contribution < 1.29 is 19.5 Å². The molecule has 0 radical (unpaired) electrons. The first-order valence-corrected chi connectivity index (χ1v) is 6.86. The lowest BCUT2D eigenvalue weighted by atomic mass is 10.0. The normalized spacial score (nSPS) is 25.9. The number of hydrogen-bond acceptors (Lipinski definition) is 3. The van der Waals surface area contributed by atoms with Crippen molar-refractivity contribution in [3.05, 3.63) is 0 Å². The van der Waals surface area contributed by atoms with Crippen molar-refractivity contribution in [1.29, 1.82) is 0 Å². The van der Waals surface area contributed by atoms with Crippen LogP contribution >= 0.6 is 0 Å². The zero-order chi connectivity index (χ0) is 13.8. The van der Waals surface area contributed by atoms with Gasteiger partial charge in [0.05, 0.1) is 5.92 Å². The third kappa shape index (κ3) is 4.22. The summed E-state index contributed by atoms with van der Waals surface area (Å²) in [7, 11) is 0. The number of carboxylic acid groups (broad SMARTS) is 1. The van der Waals surface area contributed by atoms with Gasteiger partial charge in [0.2, 0.25) is 11.8 Å². The molecule has 0 aromatic rings. The van der Waals surface area contributed by atoms with Crippen LogP contribution in [0.5, 0.6) is 0 Å². The summed E-state index contributed by atoms with van der Waals surface area (Å²) < 4.78 is 0. The molecule has 2 saturated carbocycles. The number of carboxylic acids is 1. The maximum absolute atomic E-state index is 11.8. The van der Waals surface area contributed by atoms with Gasteiger partial charge in [-0.3, -0.25) is 14.4 Å². The van der Waals surface area contributed by atoms with Crippen molar-refractivity contribution in [2.24, 2.45) is 11.8 Å². The van der Waals surface area contributed by atoms with E-state index in [4.69, 9.17) is 5.11 Å². The summed E-state index contributed by atoms with van der Waals surface area (Å²) in [5.41, 5.74) is 0. The van der Waals surface area contributed by atoms with Crippen LogP contribution in [0, 0.1) is 11.8 Å². The monoisotopic (exact) mass is 268 g/mol. The number of nitrogens with one attached hydrogen (secondary N) is 2. The van der Waals surface area contributed by atoms with Gasteiger partial charge in [-0.2, -0.15) is 0 Å². The molecular formula is C13H20N2O4. The van der Waals surface area contributed by atoms with Crippen LogP contribution in [0.15, 0.2) is 0 Å². The smallest absolute Gasteiger partial charge is 0.306 e. The summed E-state index contributed by atoms with van der Waals surface area (Å²) in [6, 6.07) is 0.342. The van der Waals surface area contributed by atoms with Crippen LogP contribution in [0.4, 0.5) is 0 Å². The van der Waals surface area contributed by atoms with Crippen LogP contribution in [0.3, 0.4) is 0 Å². The predicted molar refractivity (Wildman–Crippen MR) is 67.3 cm³/mol. The van der Waals surface area contributed by atoms with E-state index in [1.165, 1.54) is 0 Å². The number of rotatable bonds is 6. The molecule has 0 aliphatic heterocycles. The van der Waals surface area contributed by atoms with Crippen molar-refractivity contribution in [3.63, 3.8) is 0 Å². The summed E-state index contributed by atoms with van der Waals surface area (Å²) in [6.07, 6.45) is 3.99. The van der Waals surface area contributed by atoms with E-state index in [1.54, 1.807) is 0 Å². The molecule has 2 aliphatic rings. The van der Waals surface area contributed by atoms with Crippen LogP contribution in [-0.2, 0) is 14.4 Å². The average Bonchev–Trinajstić information content (AvgIpc) is 3.01. The van der Waals surface area contributed by atoms with Gasteiger partial charge >= 0.3 is 5.97 Å². The molecule has 0 unspecified atom stereocenters. The number of aliphatic carboxylic acids is 1. The van der Waals surface area contributed by atoms with E-state index < -0.39 is 11.9 Å². The Morgan fingerprint density at radius 3 is 2.32 bits per heavy atom. The second kappa shape index (κ2) is 6.04. The minimum absolute atomic E-state index is 0.0300. The van der Waals surface area contributed by atoms with Gasteiger partial charge in [-0.15, -0.1) is 0 Å². The van der Waals surface area contributed by atoms with Crippen molar-refractivity contribution in [3.8, 4) is 0 Å². The van der Waals surface area contributed by atoms with Crippen molar-refractivity contribution in [1.82, 2.24) is 10.6 Å². The zero-order valence-electron chi connectivity index (χ0n) is 10.9. The molecule has 0 aromatic carbocycles. The van der Waals surface area contributed by atoms with Gasteiger partial charge in [0.15, 0.2) is 0 Å². The van der Waals surface area contributed by atoms with Crippen LogP contribution in [0.25, 0.3) is 0 Å². The molecule has 0 heterocycles. The Labute approximate surface area is 111 Å². The van der Waals surface area contributed by atoms with E-state index in [1.807, 2.05) is 0 Å². The third-order valence-electron chi connectivity index (χ3n) is 3.75. The molecule has 2 atom stereocenters. The van der Waals surface area contributed by atoms with E-state index >= 15 is 0 Å². The molecule has 19 heavy (non-hydrogen) atoms. The Balaban J connectivity index is 1.61. The lowest BCUT2D eigenvalue weighted by Gasteiger charge is -2.10. The second-order valence-corrected chi connectivity index (χ2v) is 5.43. The molecule has 2 amide bonds. The lowest BCUT2D eigenvalue weighted by Crippen LogP contribution is -2.34. The predicted octanol–water partition coefficient (Wildman–Crippen LogP) is 0.272. The summed E-state index contributed by atoms with van der Waals surface area (Å²) >= 11 is 0. The summed E-state index contributed by atoms with van der Waals surface area (Å²) in [5.74, 6) is -1.58. The Kier molecular flexibility index (Phi) is 4.39. The number of hydrogen-bond donors (Lipinski definition) is 3. The molecular weight excluding hydrogens is 248 g/mol. The van der Waals surface area contributed by atoms with Gasteiger partial charge in [-0.05, 0) is 32.1 Å². The first-order chi connectivity index (χ1) is 9.06. The van der Waals surface area contributed by atoms with Crippen LogP contribution < -0.4 is 10.6 Å². The number of carbonyl (C=O) groups is 3. The largest absolute Gasteiger partial charge is 0.481 e. The topological polar surface area (TPSA) is 95.5 Å². The molecule has 2 aliphatic carbocycles. The van der Waals surface area contributed by atoms with Crippen LogP contribution in [-0.4, -0.2) is 35.5 Å². The van der Waals surface area contributed by atoms with Gasteiger partial charge in [0, 0.05) is 24.9 Å². The highest BCUT2D eigenvalue weighted by Gasteiger charge is 2.33. The van der Waals surface area contributed by atoms with E-state index in [0.717, 1.165) is 12.8 Å². The van der Waals surface area contributed by atoms with Gasteiger partial charge in [-0.25, -0.2) is 0 Å². The highest BCUT2D eigenvalue weighted by atomic mass is 16.4. The Morgan fingerprint density at radius 2 is 1.74 bits per heavy atom. The first kappa shape index (κ1) is 13.8. The highest BCUT2D eigenvalue weighted by Crippen LogP contribution is 2.31. The second-order valence-electron chi connectivity index (χ2n) is 5.43. The molecule has 0 saturated heterocycles. The summed E-state index contributed by atoms with van der Waals surface area (Å²) in [5, 5.41) is 14.4. The molecule has 0 bridgehead atoms. The van der Waals surface area contributed by atoms with Gasteiger partial charge in [0.25, 0.3) is 0 Å². The molecule has 3 N–H and O–H groups in total. The molecule has 0 spiro atoms. The fraction of sp³-hybridized carbons (Fsp3) is 0.769. The lowest BCUT2D eigenvalue weighted by molar-refractivity contribution is -0.141. The molecule has 2 rings (SSSR count). The summed E-state index contributed by atoms with van der Waals surface area (Å²) in [4.78, 5) is 34.0. The Hall–Kier alpha value is -1.59. The first-order valence-electron chi connectivity index (χ1n) is 6.86. The van der Waals surface area contributed by atoms with Crippen molar-refractivity contribution >= 4 is 17.8 Å². The van der Waals surface area contributed by atoms with Crippen molar-refractivity contribution in [2.45, 2.75) is 44.6 Å². The SMILES string of the molecule is O=C(CCNC(=O)[C@@H]1CC[C@H](C(=O)O)C1)NC1CC1. The fourth-order valence-corrected chi connectivity index (χ4v) is 2.42.